The molecule has 150 valence electrons. The lowest BCUT2D eigenvalue weighted by Crippen LogP contribution is -2.47. The maximum atomic E-state index is 14.0. The van der Waals surface area contributed by atoms with E-state index in [0.29, 0.717) is 24.6 Å². The van der Waals surface area contributed by atoms with Crippen LogP contribution in [0.1, 0.15) is 24.4 Å². The molecule has 0 spiro atoms. The number of rotatable bonds is 4. The second kappa shape index (κ2) is 7.64. The Kier molecular flexibility index (Phi) is 5.21. The summed E-state index contributed by atoms with van der Waals surface area (Å²) in [6.07, 6.45) is 5.08. The molecule has 0 saturated carbocycles. The molecular formula is C21H27FN4O2. The van der Waals surface area contributed by atoms with Gasteiger partial charge < -0.3 is 14.2 Å². The molecule has 6 nitrogen and oxygen atoms in total. The zero-order chi connectivity index (χ0) is 19.8. The van der Waals surface area contributed by atoms with Crippen molar-refractivity contribution in [1.82, 2.24) is 19.4 Å². The van der Waals surface area contributed by atoms with Gasteiger partial charge in [0, 0.05) is 57.2 Å². The van der Waals surface area contributed by atoms with Gasteiger partial charge in [-0.2, -0.15) is 0 Å². The molecule has 2 aromatic rings. The van der Waals surface area contributed by atoms with Crippen LogP contribution in [-0.4, -0.2) is 71.2 Å². The lowest BCUT2D eigenvalue weighted by Gasteiger charge is -2.35. The number of carbonyl (C=O) groups is 1. The van der Waals surface area contributed by atoms with Gasteiger partial charge in [0.1, 0.15) is 11.6 Å². The van der Waals surface area contributed by atoms with Crippen LogP contribution < -0.4 is 0 Å². The summed E-state index contributed by atoms with van der Waals surface area (Å²) in [7, 11) is 3.54. The van der Waals surface area contributed by atoms with Crippen LogP contribution in [0.5, 0.6) is 0 Å². The van der Waals surface area contributed by atoms with Gasteiger partial charge in [0.2, 0.25) is 5.91 Å². The second-order valence-electron chi connectivity index (χ2n) is 8.07. The number of carbonyl (C=O) groups excluding carboxylic acids is 1. The third-order valence-corrected chi connectivity index (χ3v) is 5.86. The first-order chi connectivity index (χ1) is 13.4. The standard InChI is InChI=1S/C21H27FN4O2/c1-14-4-5-15(8-19(14)22)21-23-6-7-26(21)16-9-17-13-28-18(12-25(17)11-16)10-20(27)24(2)3/h4-8,16-18H,9-13H2,1-3H3/t16-,17+,18+/m1/s1. The van der Waals surface area contributed by atoms with E-state index >= 15 is 0 Å². The van der Waals surface area contributed by atoms with Crippen molar-refractivity contribution in [3.8, 4) is 11.4 Å². The summed E-state index contributed by atoms with van der Waals surface area (Å²) in [5, 5.41) is 0. The van der Waals surface area contributed by atoms with Gasteiger partial charge in [-0.3, -0.25) is 9.69 Å². The van der Waals surface area contributed by atoms with Gasteiger partial charge in [0.15, 0.2) is 0 Å². The van der Waals surface area contributed by atoms with Crippen molar-refractivity contribution < 1.29 is 13.9 Å². The van der Waals surface area contributed by atoms with Crippen molar-refractivity contribution in [2.24, 2.45) is 0 Å². The smallest absolute Gasteiger partial charge is 0.224 e. The topological polar surface area (TPSA) is 50.6 Å². The Balaban J connectivity index is 1.47. The predicted molar refractivity (Wildman–Crippen MR) is 104 cm³/mol. The monoisotopic (exact) mass is 386 g/mol. The molecular weight excluding hydrogens is 359 g/mol. The zero-order valence-corrected chi connectivity index (χ0v) is 16.6. The number of nitrogens with zero attached hydrogens (tertiary/aromatic N) is 4. The minimum atomic E-state index is -0.210. The molecule has 0 bridgehead atoms. The van der Waals surface area contributed by atoms with Crippen LogP contribution in [0.2, 0.25) is 0 Å². The molecule has 1 aromatic carbocycles. The molecule has 0 radical (unpaired) electrons. The summed E-state index contributed by atoms with van der Waals surface area (Å²) in [6.45, 7) is 4.06. The van der Waals surface area contributed by atoms with Crippen LogP contribution >= 0.6 is 0 Å². The Labute approximate surface area is 164 Å². The van der Waals surface area contributed by atoms with Gasteiger partial charge in [-0.25, -0.2) is 9.37 Å². The lowest BCUT2D eigenvalue weighted by atomic mass is 10.1. The maximum absolute atomic E-state index is 14.0. The van der Waals surface area contributed by atoms with Crippen LogP contribution in [0.3, 0.4) is 0 Å². The molecule has 2 saturated heterocycles. The van der Waals surface area contributed by atoms with Crippen molar-refractivity contribution in [3.63, 3.8) is 0 Å². The molecule has 0 unspecified atom stereocenters. The largest absolute Gasteiger partial charge is 0.375 e. The molecule has 2 fully saturated rings. The highest BCUT2D eigenvalue weighted by molar-refractivity contribution is 5.76. The van der Waals surface area contributed by atoms with E-state index in [9.17, 15) is 9.18 Å². The van der Waals surface area contributed by atoms with Crippen LogP contribution in [-0.2, 0) is 9.53 Å². The molecule has 3 atom stereocenters. The molecule has 0 aliphatic carbocycles. The second-order valence-corrected chi connectivity index (χ2v) is 8.07. The van der Waals surface area contributed by atoms with Gasteiger partial charge in [-0.05, 0) is 25.0 Å². The number of amides is 1. The Morgan fingerprint density at radius 1 is 1.32 bits per heavy atom. The first-order valence-electron chi connectivity index (χ1n) is 9.77. The number of benzene rings is 1. The number of halogens is 1. The van der Waals surface area contributed by atoms with Crippen molar-refractivity contribution in [2.45, 2.75) is 38.0 Å². The average Bonchev–Trinajstić information content (AvgIpc) is 3.30. The number of morpholine rings is 1. The number of hydrogen-bond acceptors (Lipinski definition) is 4. The number of imidazole rings is 1. The summed E-state index contributed by atoms with van der Waals surface area (Å²) >= 11 is 0. The molecule has 2 aliphatic rings. The summed E-state index contributed by atoms with van der Waals surface area (Å²) in [6, 6.07) is 5.88. The van der Waals surface area contributed by atoms with Crippen LogP contribution in [0, 0.1) is 12.7 Å². The van der Waals surface area contributed by atoms with Crippen LogP contribution in [0.4, 0.5) is 4.39 Å². The fraction of sp³-hybridized carbons (Fsp3) is 0.524. The minimum absolute atomic E-state index is 0.0571. The van der Waals surface area contributed by atoms with Crippen molar-refractivity contribution in [3.05, 3.63) is 42.0 Å². The Hall–Kier alpha value is -2.25. The fourth-order valence-corrected chi connectivity index (χ4v) is 4.18. The van der Waals surface area contributed by atoms with E-state index in [1.807, 2.05) is 12.3 Å². The van der Waals surface area contributed by atoms with Crippen LogP contribution in [0.15, 0.2) is 30.6 Å². The van der Waals surface area contributed by atoms with Gasteiger partial charge in [-0.15, -0.1) is 0 Å². The number of fused-ring (bicyclic) bond motifs is 1. The predicted octanol–water partition coefficient (Wildman–Crippen LogP) is 2.49. The van der Waals surface area contributed by atoms with Crippen LogP contribution in [0.25, 0.3) is 11.4 Å². The van der Waals surface area contributed by atoms with E-state index in [-0.39, 0.29) is 23.9 Å². The molecule has 4 rings (SSSR count). The number of ether oxygens (including phenoxy) is 1. The zero-order valence-electron chi connectivity index (χ0n) is 16.6. The maximum Gasteiger partial charge on any atom is 0.224 e. The van der Waals surface area contributed by atoms with Gasteiger partial charge in [0.25, 0.3) is 0 Å². The Bertz CT molecular complexity index is 866. The van der Waals surface area contributed by atoms with Crippen molar-refractivity contribution in [1.29, 1.82) is 0 Å². The van der Waals surface area contributed by atoms with Gasteiger partial charge in [0.05, 0.1) is 19.1 Å². The summed E-state index contributed by atoms with van der Waals surface area (Å²) in [4.78, 5) is 20.5. The molecule has 1 amide bonds. The van der Waals surface area contributed by atoms with E-state index in [1.54, 1.807) is 44.2 Å². The van der Waals surface area contributed by atoms with E-state index < -0.39 is 0 Å². The van der Waals surface area contributed by atoms with E-state index in [4.69, 9.17) is 4.74 Å². The van der Waals surface area contributed by atoms with E-state index in [0.717, 1.165) is 30.9 Å². The van der Waals surface area contributed by atoms with Gasteiger partial charge in [-0.1, -0.05) is 12.1 Å². The highest BCUT2D eigenvalue weighted by Gasteiger charge is 2.39. The average molecular weight is 386 g/mol. The first-order valence-corrected chi connectivity index (χ1v) is 9.77. The molecule has 3 heterocycles. The summed E-state index contributed by atoms with van der Waals surface area (Å²) in [5.74, 6) is 0.680. The Morgan fingerprint density at radius 3 is 2.89 bits per heavy atom. The quantitative estimate of drug-likeness (QED) is 0.810. The summed E-state index contributed by atoms with van der Waals surface area (Å²) in [5.41, 5.74) is 1.43. The van der Waals surface area contributed by atoms with E-state index in [2.05, 4.69) is 14.5 Å². The third kappa shape index (κ3) is 3.69. The first kappa shape index (κ1) is 19.1. The molecule has 28 heavy (non-hydrogen) atoms. The molecule has 1 aromatic heterocycles. The van der Waals surface area contributed by atoms with Gasteiger partial charge >= 0.3 is 0 Å². The van der Waals surface area contributed by atoms with E-state index in [1.165, 1.54) is 0 Å². The highest BCUT2D eigenvalue weighted by Crippen LogP contribution is 2.34. The normalized spacial score (nSPS) is 24.9. The Morgan fingerprint density at radius 2 is 2.14 bits per heavy atom. The number of aryl methyl sites for hydroxylation is 1. The summed E-state index contributed by atoms with van der Waals surface area (Å²) < 4.78 is 22.1. The fourth-order valence-electron chi connectivity index (χ4n) is 4.18. The SMILES string of the molecule is Cc1ccc(-c2nccn2[C@@H]2C[C@H]3CO[C@@H](CC(=O)N(C)C)CN3C2)cc1F. The highest BCUT2D eigenvalue weighted by atomic mass is 19.1. The van der Waals surface area contributed by atoms with Crippen molar-refractivity contribution in [2.75, 3.05) is 33.8 Å². The molecule has 0 N–H and O–H groups in total. The minimum Gasteiger partial charge on any atom is -0.375 e. The number of hydrogen-bond donors (Lipinski definition) is 0. The lowest BCUT2D eigenvalue weighted by molar-refractivity contribution is -0.134. The molecule has 2 aliphatic heterocycles. The number of aromatic nitrogens is 2. The van der Waals surface area contributed by atoms with Crippen molar-refractivity contribution >= 4 is 5.91 Å². The molecule has 7 heteroatoms. The third-order valence-electron chi connectivity index (χ3n) is 5.86.